The van der Waals surface area contributed by atoms with Crippen LogP contribution in [0.25, 0.3) is 0 Å². The second-order valence-corrected chi connectivity index (χ2v) is 8.60. The topological polar surface area (TPSA) is 24.8 Å². The van der Waals surface area contributed by atoms with Crippen LogP contribution in [0.4, 0.5) is 0 Å². The van der Waals surface area contributed by atoms with Gasteiger partial charge in [-0.2, -0.15) is 5.10 Å². The van der Waals surface area contributed by atoms with E-state index in [1.165, 1.54) is 5.56 Å². The highest BCUT2D eigenvalue weighted by molar-refractivity contribution is 9.10. The minimum Gasteiger partial charge on any atom is -0.462 e. The lowest BCUT2D eigenvalue weighted by molar-refractivity contribution is -0.112. The summed E-state index contributed by atoms with van der Waals surface area (Å²) in [5.41, 5.74) is 3.69. The van der Waals surface area contributed by atoms with Crippen molar-refractivity contribution < 1.29 is 4.74 Å². The molecule has 0 N–H and O–H groups in total. The van der Waals surface area contributed by atoms with Crippen LogP contribution in [-0.2, 0) is 5.72 Å². The van der Waals surface area contributed by atoms with Gasteiger partial charge >= 0.3 is 0 Å². The smallest absolute Gasteiger partial charge is 0.221 e. The molecule has 0 unspecified atom stereocenters. The summed E-state index contributed by atoms with van der Waals surface area (Å²) in [7, 11) is 0. The molecule has 0 aromatic heterocycles. The number of ether oxygens (including phenoxy) is 1. The van der Waals surface area contributed by atoms with Crippen LogP contribution in [0.15, 0.2) is 82.4 Å². The van der Waals surface area contributed by atoms with Gasteiger partial charge in [-0.15, -0.1) is 0 Å². The van der Waals surface area contributed by atoms with Gasteiger partial charge < -0.3 is 4.74 Å². The molecule has 0 spiro atoms. The minimum absolute atomic E-state index is 0.129. The summed E-state index contributed by atoms with van der Waals surface area (Å²) in [6, 6.07) is 24.5. The first kappa shape index (κ1) is 17.8. The van der Waals surface area contributed by atoms with Gasteiger partial charge in [0, 0.05) is 34.0 Å². The summed E-state index contributed by atoms with van der Waals surface area (Å²) >= 11 is 9.59. The maximum atomic E-state index is 6.55. The second-order valence-electron chi connectivity index (χ2n) is 7.25. The van der Waals surface area contributed by atoms with E-state index in [0.717, 1.165) is 38.5 Å². The van der Waals surface area contributed by atoms with E-state index in [4.69, 9.17) is 21.4 Å². The van der Waals surface area contributed by atoms with Crippen molar-refractivity contribution in [3.05, 3.63) is 99.0 Å². The second kappa shape index (κ2) is 6.64. The maximum Gasteiger partial charge on any atom is 0.221 e. The lowest BCUT2D eigenvalue weighted by Gasteiger charge is -2.46. The van der Waals surface area contributed by atoms with Gasteiger partial charge in [0.25, 0.3) is 0 Å². The highest BCUT2D eigenvalue weighted by atomic mass is 79.9. The van der Waals surface area contributed by atoms with Gasteiger partial charge in [-0.3, -0.25) is 0 Å². The van der Waals surface area contributed by atoms with E-state index in [1.807, 2.05) is 48.5 Å². The van der Waals surface area contributed by atoms with E-state index in [1.54, 1.807) is 0 Å². The average Bonchev–Trinajstić information content (AvgIpc) is 3.16. The van der Waals surface area contributed by atoms with Crippen molar-refractivity contribution in [1.29, 1.82) is 0 Å². The third-order valence-electron chi connectivity index (χ3n) is 5.49. The molecule has 0 fully saturated rings. The van der Waals surface area contributed by atoms with E-state index in [-0.39, 0.29) is 6.04 Å². The lowest BCUT2D eigenvalue weighted by Crippen LogP contribution is -2.48. The molecular formula is C23H18BrClN2O. The van der Waals surface area contributed by atoms with Crippen molar-refractivity contribution in [3.63, 3.8) is 0 Å². The predicted octanol–water partition coefficient (Wildman–Crippen LogP) is 6.52. The minimum atomic E-state index is -0.687. The molecule has 3 nitrogen and oxygen atoms in total. The fraction of sp³-hybridized carbons (Fsp3) is 0.174. The molecule has 2 aliphatic rings. The zero-order valence-electron chi connectivity index (χ0n) is 15.3. The third-order valence-corrected chi connectivity index (χ3v) is 6.27. The lowest BCUT2D eigenvalue weighted by atomic mass is 9.92. The van der Waals surface area contributed by atoms with Crippen LogP contribution < -0.4 is 4.74 Å². The SMILES string of the molecule is C[C@]1(c2ccc(Br)cc2)Oc2ccccc2[C@H]2CC(c3ccc(Cl)cc3)=NN21. The van der Waals surface area contributed by atoms with Crippen molar-refractivity contribution in [3.8, 4) is 5.75 Å². The van der Waals surface area contributed by atoms with Gasteiger partial charge in [-0.25, -0.2) is 5.01 Å². The van der Waals surface area contributed by atoms with E-state index in [9.17, 15) is 0 Å². The van der Waals surface area contributed by atoms with E-state index in [0.29, 0.717) is 0 Å². The molecule has 0 saturated heterocycles. The van der Waals surface area contributed by atoms with Crippen LogP contribution in [0, 0.1) is 0 Å². The summed E-state index contributed by atoms with van der Waals surface area (Å²) in [5, 5.41) is 7.87. The number of hydrogen-bond acceptors (Lipinski definition) is 3. The molecule has 140 valence electrons. The Balaban J connectivity index is 1.64. The summed E-state index contributed by atoms with van der Waals surface area (Å²) in [6.45, 7) is 2.09. The van der Waals surface area contributed by atoms with Crippen LogP contribution in [0.3, 0.4) is 0 Å². The summed E-state index contributed by atoms with van der Waals surface area (Å²) < 4.78 is 7.59. The van der Waals surface area contributed by atoms with Crippen molar-refractivity contribution in [2.75, 3.05) is 0 Å². The molecule has 0 aliphatic carbocycles. The predicted molar refractivity (Wildman–Crippen MR) is 116 cm³/mol. The average molecular weight is 454 g/mol. The Morgan fingerprint density at radius 2 is 1.75 bits per heavy atom. The van der Waals surface area contributed by atoms with Crippen LogP contribution in [0.2, 0.25) is 5.02 Å². The quantitative estimate of drug-likeness (QED) is 0.441. The monoisotopic (exact) mass is 452 g/mol. The number of hydrazone groups is 1. The van der Waals surface area contributed by atoms with Crippen molar-refractivity contribution >= 4 is 33.2 Å². The Hall–Kier alpha value is -2.30. The van der Waals surface area contributed by atoms with Crippen molar-refractivity contribution in [1.82, 2.24) is 5.01 Å². The number of hydrogen-bond donors (Lipinski definition) is 0. The van der Waals surface area contributed by atoms with Crippen LogP contribution in [0.1, 0.15) is 36.1 Å². The Kier molecular flexibility index (Phi) is 4.22. The van der Waals surface area contributed by atoms with E-state index >= 15 is 0 Å². The van der Waals surface area contributed by atoms with Gasteiger partial charge in [-0.1, -0.05) is 70.0 Å². The molecule has 2 heterocycles. The molecule has 0 radical (unpaired) electrons. The Morgan fingerprint density at radius 3 is 2.50 bits per heavy atom. The normalized spacial score (nSPS) is 22.9. The molecule has 0 saturated carbocycles. The van der Waals surface area contributed by atoms with E-state index < -0.39 is 5.72 Å². The number of benzene rings is 3. The molecule has 3 aromatic carbocycles. The summed E-state index contributed by atoms with van der Waals surface area (Å²) in [5.74, 6) is 0.918. The standard InChI is InChI=1S/C23H18BrClN2O/c1-23(16-8-10-17(24)11-9-16)27-21(19-4-2-3-5-22(19)28-23)14-20(26-27)15-6-12-18(25)13-7-15/h2-13,21H,14H2,1H3/t21-,23-/m1/s1. The number of fused-ring (bicyclic) bond motifs is 3. The van der Waals surface area contributed by atoms with E-state index in [2.05, 4.69) is 52.1 Å². The Bertz CT molecular complexity index is 1060. The number of para-hydroxylation sites is 1. The van der Waals surface area contributed by atoms with Crippen molar-refractivity contribution in [2.24, 2.45) is 5.10 Å². The first-order chi connectivity index (χ1) is 13.5. The largest absolute Gasteiger partial charge is 0.462 e. The van der Waals surface area contributed by atoms with Crippen molar-refractivity contribution in [2.45, 2.75) is 25.1 Å². The molecule has 2 aliphatic heterocycles. The van der Waals surface area contributed by atoms with Crippen LogP contribution >= 0.6 is 27.5 Å². The molecular weight excluding hydrogens is 436 g/mol. The zero-order valence-corrected chi connectivity index (χ0v) is 17.6. The maximum absolute atomic E-state index is 6.55. The molecule has 28 heavy (non-hydrogen) atoms. The highest BCUT2D eigenvalue weighted by Crippen LogP contribution is 2.50. The number of nitrogens with zero attached hydrogens (tertiary/aromatic N) is 2. The van der Waals surface area contributed by atoms with Gasteiger partial charge in [0.1, 0.15) is 5.75 Å². The van der Waals surface area contributed by atoms with Crippen LogP contribution in [0.5, 0.6) is 5.75 Å². The third kappa shape index (κ3) is 2.83. The van der Waals surface area contributed by atoms with Crippen LogP contribution in [-0.4, -0.2) is 10.7 Å². The Labute approximate surface area is 177 Å². The zero-order chi connectivity index (χ0) is 19.3. The first-order valence-electron chi connectivity index (χ1n) is 9.21. The van der Waals surface area contributed by atoms with Gasteiger partial charge in [0.2, 0.25) is 5.72 Å². The molecule has 2 atom stereocenters. The number of halogens is 2. The van der Waals surface area contributed by atoms with Gasteiger partial charge in [0.15, 0.2) is 0 Å². The number of rotatable bonds is 2. The molecule has 0 bridgehead atoms. The molecule has 5 rings (SSSR count). The Morgan fingerprint density at radius 1 is 1.04 bits per heavy atom. The highest BCUT2D eigenvalue weighted by Gasteiger charge is 2.48. The molecule has 0 amide bonds. The summed E-state index contributed by atoms with van der Waals surface area (Å²) in [6.07, 6.45) is 0.828. The fourth-order valence-corrected chi connectivity index (χ4v) is 4.41. The summed E-state index contributed by atoms with van der Waals surface area (Å²) in [4.78, 5) is 0. The fourth-order valence-electron chi connectivity index (χ4n) is 4.02. The first-order valence-corrected chi connectivity index (χ1v) is 10.4. The molecule has 3 aromatic rings. The van der Waals surface area contributed by atoms with Gasteiger partial charge in [-0.05, 0) is 35.9 Å². The molecule has 5 heteroatoms. The van der Waals surface area contributed by atoms with Gasteiger partial charge in [0.05, 0.1) is 11.8 Å².